The van der Waals surface area contributed by atoms with Crippen molar-refractivity contribution in [2.45, 2.75) is 13.8 Å². The minimum atomic E-state index is 0.592. The summed E-state index contributed by atoms with van der Waals surface area (Å²) < 4.78 is 0. The summed E-state index contributed by atoms with van der Waals surface area (Å²) in [4.78, 5) is 49.8. The van der Waals surface area contributed by atoms with Crippen molar-refractivity contribution in [2.24, 2.45) is 0 Å². The third-order valence-electron chi connectivity index (χ3n) is 8.44. The van der Waals surface area contributed by atoms with E-state index in [-0.39, 0.29) is 0 Å². The summed E-state index contributed by atoms with van der Waals surface area (Å²) in [6.07, 6.45) is 3.36. The number of benzene rings is 6. The normalized spacial score (nSPS) is 10.6. The maximum atomic E-state index is 11.5. The van der Waals surface area contributed by atoms with Crippen LogP contribution in [0.25, 0.3) is 11.1 Å². The zero-order valence-corrected chi connectivity index (χ0v) is 26.5. The molecule has 0 saturated carbocycles. The van der Waals surface area contributed by atoms with Gasteiger partial charge in [0.25, 0.3) is 0 Å². The highest BCUT2D eigenvalue weighted by atomic mass is 16.1. The van der Waals surface area contributed by atoms with Gasteiger partial charge >= 0.3 is 0 Å². The Labute approximate surface area is 279 Å². The van der Waals surface area contributed by atoms with Crippen molar-refractivity contribution >= 4 is 59.3 Å². The second kappa shape index (κ2) is 13.9. The molecule has 0 amide bonds. The predicted octanol–water partition coefficient (Wildman–Crippen LogP) is 10.2. The van der Waals surface area contributed by atoms with Gasteiger partial charge in [0.05, 0.1) is 0 Å². The highest BCUT2D eigenvalue weighted by Gasteiger charge is 2.16. The van der Waals surface area contributed by atoms with E-state index in [1.165, 1.54) is 0 Å². The van der Waals surface area contributed by atoms with Gasteiger partial charge in [-0.2, -0.15) is 0 Å². The molecule has 48 heavy (non-hydrogen) atoms. The van der Waals surface area contributed by atoms with Crippen molar-refractivity contribution in [2.75, 3.05) is 9.80 Å². The molecule has 0 bridgehead atoms. The van der Waals surface area contributed by atoms with Crippen LogP contribution in [0.4, 0.5) is 34.1 Å². The molecule has 6 aromatic rings. The van der Waals surface area contributed by atoms with Crippen LogP contribution in [0.2, 0.25) is 0 Å². The van der Waals surface area contributed by atoms with Gasteiger partial charge in [-0.05, 0) is 145 Å². The van der Waals surface area contributed by atoms with E-state index in [2.05, 4.69) is 58.3 Å². The van der Waals surface area contributed by atoms with Crippen molar-refractivity contribution < 1.29 is 19.2 Å². The smallest absolute Gasteiger partial charge is 0.150 e. The van der Waals surface area contributed by atoms with E-state index in [0.29, 0.717) is 22.3 Å². The molecule has 0 aromatic heterocycles. The van der Waals surface area contributed by atoms with E-state index in [4.69, 9.17) is 0 Å². The molecule has 6 nitrogen and oxygen atoms in total. The summed E-state index contributed by atoms with van der Waals surface area (Å²) in [5, 5.41) is 0. The standard InChI is InChI=1S/C42H32N2O4/c1-29-23-41(21-11-35(29)27-47)43(37-13-3-31(25-45)4-14-37)39-17-7-33(8-18-39)34-9-19-40(20-10-34)44(38-15-5-32(26-46)6-16-38)42-22-12-36(28-48)30(2)24-42/h3-28H,1-2H3. The lowest BCUT2D eigenvalue weighted by Crippen LogP contribution is -2.11. The van der Waals surface area contributed by atoms with Crippen molar-refractivity contribution in [1.29, 1.82) is 0 Å². The number of hydrogen-bond acceptors (Lipinski definition) is 6. The molecule has 0 heterocycles. The van der Waals surface area contributed by atoms with Gasteiger partial charge in [-0.25, -0.2) is 0 Å². The monoisotopic (exact) mass is 628 g/mol. The number of carbonyl (C=O) groups is 4. The summed E-state index contributed by atoms with van der Waals surface area (Å²) >= 11 is 0. The van der Waals surface area contributed by atoms with Gasteiger partial charge in [-0.3, -0.25) is 19.2 Å². The largest absolute Gasteiger partial charge is 0.310 e. The number of carbonyl (C=O) groups excluding carboxylic acids is 4. The van der Waals surface area contributed by atoms with Crippen LogP contribution in [-0.4, -0.2) is 25.1 Å². The van der Waals surface area contributed by atoms with Gasteiger partial charge in [0.1, 0.15) is 25.1 Å². The SMILES string of the molecule is Cc1cc(N(c2ccc(C=O)cc2)c2ccc(-c3ccc(N(c4ccc(C=O)cc4)c4ccc(C=O)c(C)c4)cc3)cc2)ccc1C=O. The highest BCUT2D eigenvalue weighted by molar-refractivity contribution is 5.86. The second-order valence-corrected chi connectivity index (χ2v) is 11.5. The molecular weight excluding hydrogens is 596 g/mol. The van der Waals surface area contributed by atoms with E-state index >= 15 is 0 Å². The Balaban J connectivity index is 1.34. The fraction of sp³-hybridized carbons (Fsp3) is 0.0476. The first kappa shape index (κ1) is 31.6. The fourth-order valence-electron chi connectivity index (χ4n) is 5.77. The fourth-order valence-corrected chi connectivity index (χ4v) is 5.77. The Kier molecular flexibility index (Phi) is 9.17. The summed E-state index contributed by atoms with van der Waals surface area (Å²) in [5.74, 6) is 0. The van der Waals surface area contributed by atoms with Crippen molar-refractivity contribution in [3.8, 4) is 11.1 Å². The first-order valence-corrected chi connectivity index (χ1v) is 15.5. The number of aryl methyl sites for hydroxylation is 2. The van der Waals surface area contributed by atoms with Crippen molar-refractivity contribution in [3.05, 3.63) is 167 Å². The molecule has 0 spiro atoms. The van der Waals surface area contributed by atoms with Crippen molar-refractivity contribution in [3.63, 3.8) is 0 Å². The predicted molar refractivity (Wildman–Crippen MR) is 192 cm³/mol. The number of anilines is 6. The Bertz CT molecular complexity index is 1950. The van der Waals surface area contributed by atoms with Gasteiger partial charge < -0.3 is 9.80 Å². The first-order valence-electron chi connectivity index (χ1n) is 15.5. The quantitative estimate of drug-likeness (QED) is 0.133. The molecule has 0 atom stereocenters. The molecule has 0 aliphatic carbocycles. The lowest BCUT2D eigenvalue weighted by atomic mass is 10.0. The molecule has 0 unspecified atom stereocenters. The van der Waals surface area contributed by atoms with Crippen LogP contribution in [0.3, 0.4) is 0 Å². The van der Waals surface area contributed by atoms with Gasteiger partial charge in [-0.1, -0.05) is 24.3 Å². The van der Waals surface area contributed by atoms with Crippen LogP contribution in [0.1, 0.15) is 52.6 Å². The van der Waals surface area contributed by atoms with Crippen molar-refractivity contribution in [1.82, 2.24) is 0 Å². The van der Waals surface area contributed by atoms with Crippen LogP contribution < -0.4 is 9.80 Å². The first-order chi connectivity index (χ1) is 23.4. The number of nitrogens with zero attached hydrogens (tertiary/aromatic N) is 2. The zero-order chi connectivity index (χ0) is 33.6. The third kappa shape index (κ3) is 6.46. The molecule has 6 heteroatoms. The summed E-state index contributed by atoms with van der Waals surface area (Å²) in [6.45, 7) is 3.83. The van der Waals surface area contributed by atoms with Gasteiger partial charge in [0.15, 0.2) is 0 Å². The average molecular weight is 629 g/mol. The number of hydrogen-bond donors (Lipinski definition) is 0. The minimum absolute atomic E-state index is 0.592. The average Bonchev–Trinajstić information content (AvgIpc) is 3.13. The van der Waals surface area contributed by atoms with Crippen LogP contribution in [-0.2, 0) is 0 Å². The lowest BCUT2D eigenvalue weighted by molar-refractivity contribution is 0.111. The summed E-state index contributed by atoms with van der Waals surface area (Å²) in [5.41, 5.74) is 11.7. The van der Waals surface area contributed by atoms with Crippen LogP contribution >= 0.6 is 0 Å². The molecule has 0 N–H and O–H groups in total. The van der Waals surface area contributed by atoms with Crippen LogP contribution in [0, 0.1) is 13.8 Å². The Morgan fingerprint density at radius 1 is 0.354 bits per heavy atom. The second-order valence-electron chi connectivity index (χ2n) is 11.5. The van der Waals surface area contributed by atoms with E-state index in [1.54, 1.807) is 24.3 Å². The molecule has 0 aliphatic heterocycles. The molecule has 234 valence electrons. The zero-order valence-electron chi connectivity index (χ0n) is 26.5. The van der Waals surface area contributed by atoms with Crippen LogP contribution in [0.15, 0.2) is 133 Å². The number of rotatable bonds is 11. The molecule has 0 saturated heterocycles. The maximum Gasteiger partial charge on any atom is 0.150 e. The number of aldehydes is 4. The summed E-state index contributed by atoms with van der Waals surface area (Å²) in [6, 6.07) is 42.7. The lowest BCUT2D eigenvalue weighted by Gasteiger charge is -2.27. The Morgan fingerprint density at radius 3 is 0.917 bits per heavy atom. The molecule has 0 fully saturated rings. The molecular formula is C42H32N2O4. The molecule has 6 aromatic carbocycles. The topological polar surface area (TPSA) is 74.8 Å². The van der Waals surface area contributed by atoms with Gasteiger partial charge in [0.2, 0.25) is 0 Å². The van der Waals surface area contributed by atoms with E-state index in [1.807, 2.05) is 74.5 Å². The maximum absolute atomic E-state index is 11.5. The highest BCUT2D eigenvalue weighted by Crippen LogP contribution is 2.39. The molecule has 6 rings (SSSR count). The minimum Gasteiger partial charge on any atom is -0.310 e. The summed E-state index contributed by atoms with van der Waals surface area (Å²) in [7, 11) is 0. The van der Waals surface area contributed by atoms with E-state index in [9.17, 15) is 19.2 Å². The van der Waals surface area contributed by atoms with E-state index < -0.39 is 0 Å². The third-order valence-corrected chi connectivity index (χ3v) is 8.44. The Hall–Kier alpha value is -6.40. The Morgan fingerprint density at radius 2 is 0.646 bits per heavy atom. The molecule has 0 aliphatic rings. The van der Waals surface area contributed by atoms with Crippen LogP contribution in [0.5, 0.6) is 0 Å². The van der Waals surface area contributed by atoms with Gasteiger partial charge in [0, 0.05) is 56.4 Å². The van der Waals surface area contributed by atoms with E-state index in [0.717, 1.165) is 81.5 Å². The van der Waals surface area contributed by atoms with Gasteiger partial charge in [-0.15, -0.1) is 0 Å². The molecule has 0 radical (unpaired) electrons.